The Labute approximate surface area is 174 Å². The van der Waals surface area contributed by atoms with Gasteiger partial charge in [-0.15, -0.1) is 0 Å². The van der Waals surface area contributed by atoms with Crippen LogP contribution in [0, 0.1) is 5.92 Å². The highest BCUT2D eigenvalue weighted by Crippen LogP contribution is 2.12. The summed E-state index contributed by atoms with van der Waals surface area (Å²) in [6, 6.07) is 18.2. The van der Waals surface area contributed by atoms with Crippen molar-refractivity contribution in [3.63, 3.8) is 0 Å². The molecule has 6 nitrogen and oxygen atoms in total. The first-order valence-electron chi connectivity index (χ1n) is 9.98. The summed E-state index contributed by atoms with van der Waals surface area (Å²) in [5.74, 6) is 2.00. The van der Waals surface area contributed by atoms with Crippen molar-refractivity contribution in [1.29, 1.82) is 0 Å². The van der Waals surface area contributed by atoms with Crippen molar-refractivity contribution in [2.75, 3.05) is 40.5 Å². The molecule has 0 aliphatic heterocycles. The molecule has 0 heterocycles. The van der Waals surface area contributed by atoms with E-state index in [1.54, 1.807) is 14.2 Å². The third-order valence-electron chi connectivity index (χ3n) is 4.29. The van der Waals surface area contributed by atoms with Gasteiger partial charge in [0, 0.05) is 27.2 Å². The number of methoxy groups -OCH3 is 1. The van der Waals surface area contributed by atoms with Crippen LogP contribution < -0.4 is 15.4 Å². The molecule has 0 radical (unpaired) electrons. The van der Waals surface area contributed by atoms with Gasteiger partial charge in [0.2, 0.25) is 0 Å². The van der Waals surface area contributed by atoms with Crippen LogP contribution in [0.2, 0.25) is 0 Å². The molecule has 0 bridgehead atoms. The minimum atomic E-state index is 0.376. The predicted molar refractivity (Wildman–Crippen MR) is 117 cm³/mol. The second-order valence-electron chi connectivity index (χ2n) is 6.90. The number of rotatable bonds is 12. The van der Waals surface area contributed by atoms with Gasteiger partial charge in [-0.3, -0.25) is 4.99 Å². The van der Waals surface area contributed by atoms with Crippen molar-refractivity contribution in [3.8, 4) is 5.75 Å². The van der Waals surface area contributed by atoms with Gasteiger partial charge in [0.25, 0.3) is 0 Å². The Morgan fingerprint density at radius 3 is 2.41 bits per heavy atom. The minimum Gasteiger partial charge on any atom is -0.491 e. The molecule has 2 rings (SSSR count). The molecule has 1 unspecified atom stereocenters. The zero-order chi connectivity index (χ0) is 20.7. The fraction of sp³-hybridized carbons (Fsp3) is 0.435. The maximum Gasteiger partial charge on any atom is 0.191 e. The molecule has 0 fully saturated rings. The van der Waals surface area contributed by atoms with Gasteiger partial charge in [0.1, 0.15) is 12.4 Å². The van der Waals surface area contributed by atoms with E-state index in [4.69, 9.17) is 14.2 Å². The molecule has 2 aromatic rings. The second-order valence-corrected chi connectivity index (χ2v) is 6.90. The molecule has 6 heteroatoms. The van der Waals surface area contributed by atoms with Gasteiger partial charge in [0.05, 0.1) is 19.8 Å². The fourth-order valence-corrected chi connectivity index (χ4v) is 2.63. The number of hydrogen-bond acceptors (Lipinski definition) is 4. The topological polar surface area (TPSA) is 64.1 Å². The summed E-state index contributed by atoms with van der Waals surface area (Å²) in [7, 11) is 3.44. The summed E-state index contributed by atoms with van der Waals surface area (Å²) in [4.78, 5) is 4.29. The third-order valence-corrected chi connectivity index (χ3v) is 4.29. The van der Waals surface area contributed by atoms with Crippen LogP contribution in [0.5, 0.6) is 5.75 Å². The summed E-state index contributed by atoms with van der Waals surface area (Å²) >= 11 is 0. The van der Waals surface area contributed by atoms with Crippen LogP contribution >= 0.6 is 0 Å². The van der Waals surface area contributed by atoms with Gasteiger partial charge in [-0.05, 0) is 29.2 Å². The van der Waals surface area contributed by atoms with Crippen LogP contribution in [0.1, 0.15) is 18.1 Å². The normalized spacial score (nSPS) is 12.4. The van der Waals surface area contributed by atoms with E-state index in [1.807, 2.05) is 42.5 Å². The smallest absolute Gasteiger partial charge is 0.191 e. The summed E-state index contributed by atoms with van der Waals surface area (Å²) in [5.41, 5.74) is 2.35. The van der Waals surface area contributed by atoms with E-state index in [9.17, 15) is 0 Å². The lowest BCUT2D eigenvalue weighted by Gasteiger charge is -2.16. The second kappa shape index (κ2) is 13.6. The number of guanidine groups is 1. The average molecular weight is 400 g/mol. The fourth-order valence-electron chi connectivity index (χ4n) is 2.63. The van der Waals surface area contributed by atoms with Gasteiger partial charge in [0.15, 0.2) is 5.96 Å². The predicted octanol–water partition coefficient (Wildman–Crippen LogP) is 3.23. The number of ether oxygens (including phenoxy) is 3. The van der Waals surface area contributed by atoms with Gasteiger partial charge in [-0.1, -0.05) is 49.4 Å². The highest BCUT2D eigenvalue weighted by Gasteiger charge is 2.05. The first-order valence-corrected chi connectivity index (χ1v) is 9.98. The Kier molecular flexibility index (Phi) is 10.6. The monoisotopic (exact) mass is 399 g/mol. The van der Waals surface area contributed by atoms with E-state index >= 15 is 0 Å². The van der Waals surface area contributed by atoms with Crippen molar-refractivity contribution in [2.24, 2.45) is 10.9 Å². The molecule has 158 valence electrons. The van der Waals surface area contributed by atoms with Crippen LogP contribution in [0.15, 0.2) is 59.6 Å². The molecule has 0 saturated carbocycles. The number of aliphatic imine (C=N–C) groups is 1. The molecule has 0 saturated heterocycles. The first-order chi connectivity index (χ1) is 14.2. The Bertz CT molecular complexity index is 705. The highest BCUT2D eigenvalue weighted by molar-refractivity contribution is 5.79. The van der Waals surface area contributed by atoms with Crippen LogP contribution in [-0.2, 0) is 22.6 Å². The molecular formula is C23H33N3O3. The highest BCUT2D eigenvalue weighted by atomic mass is 16.5. The van der Waals surface area contributed by atoms with Gasteiger partial charge >= 0.3 is 0 Å². The number of nitrogens with one attached hydrogen (secondary N) is 2. The van der Waals surface area contributed by atoms with Crippen molar-refractivity contribution >= 4 is 5.96 Å². The van der Waals surface area contributed by atoms with Gasteiger partial charge < -0.3 is 24.8 Å². The summed E-state index contributed by atoms with van der Waals surface area (Å²) < 4.78 is 16.4. The maximum atomic E-state index is 5.80. The van der Waals surface area contributed by atoms with E-state index in [-0.39, 0.29) is 0 Å². The Morgan fingerprint density at radius 1 is 0.966 bits per heavy atom. The molecule has 0 aliphatic carbocycles. The SMILES string of the molecule is CN=C(NCc1ccc(OCCOC)cc1)NCC(C)COCc1ccccc1. The number of hydrogen-bond donors (Lipinski definition) is 2. The number of nitrogens with zero attached hydrogens (tertiary/aromatic N) is 1. The maximum absolute atomic E-state index is 5.80. The lowest BCUT2D eigenvalue weighted by Crippen LogP contribution is -2.39. The van der Waals surface area contributed by atoms with Gasteiger partial charge in [-0.2, -0.15) is 0 Å². The zero-order valence-electron chi connectivity index (χ0n) is 17.7. The lowest BCUT2D eigenvalue weighted by molar-refractivity contribution is 0.0931. The lowest BCUT2D eigenvalue weighted by atomic mass is 10.2. The van der Waals surface area contributed by atoms with Crippen molar-refractivity contribution in [2.45, 2.75) is 20.1 Å². The number of benzene rings is 2. The van der Waals surface area contributed by atoms with E-state index in [0.717, 1.165) is 23.8 Å². The van der Waals surface area contributed by atoms with Crippen LogP contribution in [0.25, 0.3) is 0 Å². The minimum absolute atomic E-state index is 0.376. The van der Waals surface area contributed by atoms with E-state index < -0.39 is 0 Å². The van der Waals surface area contributed by atoms with Crippen LogP contribution in [0.3, 0.4) is 0 Å². The van der Waals surface area contributed by atoms with Crippen molar-refractivity contribution in [1.82, 2.24) is 10.6 Å². The standard InChI is InChI=1S/C23H33N3O3/c1-19(17-28-18-21-7-5-4-6-8-21)15-25-23(24-2)26-16-20-9-11-22(12-10-20)29-14-13-27-3/h4-12,19H,13-18H2,1-3H3,(H2,24,25,26). The molecule has 0 amide bonds. The third kappa shape index (κ3) is 9.45. The molecule has 0 aromatic heterocycles. The first kappa shape index (κ1) is 22.7. The largest absolute Gasteiger partial charge is 0.491 e. The van der Waals surface area contributed by atoms with Crippen LogP contribution in [0.4, 0.5) is 0 Å². The Morgan fingerprint density at radius 2 is 1.72 bits per heavy atom. The van der Waals surface area contributed by atoms with Crippen LogP contribution in [-0.4, -0.2) is 46.5 Å². The Hall–Kier alpha value is -2.57. The van der Waals surface area contributed by atoms with Crippen molar-refractivity contribution < 1.29 is 14.2 Å². The van der Waals surface area contributed by atoms with Gasteiger partial charge in [-0.25, -0.2) is 0 Å². The molecular weight excluding hydrogens is 366 g/mol. The van der Waals surface area contributed by atoms with E-state index in [2.05, 4.69) is 34.7 Å². The molecule has 0 spiro atoms. The van der Waals surface area contributed by atoms with Crippen molar-refractivity contribution in [3.05, 3.63) is 65.7 Å². The molecule has 0 aliphatic rings. The summed E-state index contributed by atoms with van der Waals surface area (Å²) in [5, 5.41) is 6.69. The molecule has 29 heavy (non-hydrogen) atoms. The summed E-state index contributed by atoms with van der Waals surface area (Å²) in [6.45, 7) is 6.12. The molecule has 1 atom stereocenters. The molecule has 2 aromatic carbocycles. The zero-order valence-corrected chi connectivity index (χ0v) is 17.7. The van der Waals surface area contributed by atoms with E-state index in [1.165, 1.54) is 5.56 Å². The summed E-state index contributed by atoms with van der Waals surface area (Å²) in [6.07, 6.45) is 0. The Balaban J connectivity index is 1.64. The van der Waals surface area contributed by atoms with E-state index in [0.29, 0.717) is 38.9 Å². The average Bonchev–Trinajstić information content (AvgIpc) is 2.76. The molecule has 2 N–H and O–H groups in total. The quantitative estimate of drug-likeness (QED) is 0.326.